The number of halogens is 1. The molecule has 17 heavy (non-hydrogen) atoms. The van der Waals surface area contributed by atoms with Crippen LogP contribution in [0.3, 0.4) is 0 Å². The highest BCUT2D eigenvalue weighted by Crippen LogP contribution is 2.36. The zero-order chi connectivity index (χ0) is 12.3. The number of rotatable bonds is 4. The Kier molecular flexibility index (Phi) is 4.74. The molecule has 2 atom stereocenters. The van der Waals surface area contributed by atoms with Crippen molar-refractivity contribution in [3.05, 3.63) is 11.1 Å². The van der Waals surface area contributed by atoms with Crippen molar-refractivity contribution in [2.75, 3.05) is 6.26 Å². The van der Waals surface area contributed by atoms with E-state index in [2.05, 4.69) is 27.9 Å². The minimum Gasteiger partial charge on any atom is -0.299 e. The van der Waals surface area contributed by atoms with Gasteiger partial charge in [0.2, 0.25) is 5.28 Å². The fourth-order valence-corrected chi connectivity index (χ4v) is 3.72. The summed E-state index contributed by atoms with van der Waals surface area (Å²) in [6.45, 7) is 2.17. The van der Waals surface area contributed by atoms with E-state index in [4.69, 9.17) is 11.6 Å². The Labute approximate surface area is 112 Å². The molecule has 0 aromatic carbocycles. The van der Waals surface area contributed by atoms with Crippen LogP contribution >= 0.6 is 23.4 Å². The Hall–Kier alpha value is -0.220. The van der Waals surface area contributed by atoms with Crippen LogP contribution in [0.2, 0.25) is 5.28 Å². The maximum atomic E-state index is 6.19. The van der Waals surface area contributed by atoms with E-state index in [1.54, 1.807) is 0 Å². The minimum atomic E-state index is 0.505. The maximum Gasteiger partial charge on any atom is 0.225 e. The van der Waals surface area contributed by atoms with E-state index >= 15 is 0 Å². The Morgan fingerprint density at radius 1 is 1.41 bits per heavy atom. The average Bonchev–Trinajstić information content (AvgIpc) is 2.71. The zero-order valence-electron chi connectivity index (χ0n) is 10.5. The van der Waals surface area contributed by atoms with E-state index in [0.717, 1.165) is 23.9 Å². The maximum absolute atomic E-state index is 6.19. The van der Waals surface area contributed by atoms with Crippen LogP contribution in [-0.2, 0) is 6.42 Å². The van der Waals surface area contributed by atoms with Gasteiger partial charge in [-0.2, -0.15) is 11.8 Å². The van der Waals surface area contributed by atoms with Gasteiger partial charge in [-0.1, -0.05) is 13.3 Å². The van der Waals surface area contributed by atoms with E-state index in [0.29, 0.717) is 11.3 Å². The summed E-state index contributed by atoms with van der Waals surface area (Å²) in [6, 6.07) is 0.505. The van der Waals surface area contributed by atoms with Crippen molar-refractivity contribution in [1.29, 1.82) is 0 Å². The summed E-state index contributed by atoms with van der Waals surface area (Å²) in [7, 11) is 0. The summed E-state index contributed by atoms with van der Waals surface area (Å²) in [4.78, 5) is 0. The van der Waals surface area contributed by atoms with Gasteiger partial charge in [-0.25, -0.2) is 0 Å². The molecule has 3 nitrogen and oxygen atoms in total. The summed E-state index contributed by atoms with van der Waals surface area (Å²) < 4.78 is 2.17. The van der Waals surface area contributed by atoms with Crippen LogP contribution in [0.5, 0.6) is 0 Å². The second-order valence-corrected chi connectivity index (χ2v) is 6.16. The molecule has 1 aromatic rings. The highest BCUT2D eigenvalue weighted by Gasteiger charge is 2.26. The predicted molar refractivity (Wildman–Crippen MR) is 73.8 cm³/mol. The Morgan fingerprint density at radius 3 is 2.94 bits per heavy atom. The summed E-state index contributed by atoms with van der Waals surface area (Å²) in [5.41, 5.74) is 0. The van der Waals surface area contributed by atoms with E-state index in [9.17, 15) is 0 Å². The third-order valence-corrected chi connectivity index (χ3v) is 4.85. The lowest BCUT2D eigenvalue weighted by Gasteiger charge is -2.29. The van der Waals surface area contributed by atoms with E-state index in [1.807, 2.05) is 11.8 Å². The molecule has 1 saturated carbocycles. The largest absolute Gasteiger partial charge is 0.299 e. The van der Waals surface area contributed by atoms with Gasteiger partial charge in [-0.3, -0.25) is 4.57 Å². The predicted octanol–water partition coefficient (Wildman–Crippen LogP) is 3.73. The molecule has 0 N–H and O–H groups in total. The van der Waals surface area contributed by atoms with Crippen molar-refractivity contribution in [3.63, 3.8) is 0 Å². The van der Waals surface area contributed by atoms with E-state index in [-0.39, 0.29) is 0 Å². The normalized spacial score (nSPS) is 25.1. The third-order valence-electron chi connectivity index (χ3n) is 3.50. The van der Waals surface area contributed by atoms with Gasteiger partial charge in [0.15, 0.2) is 0 Å². The average molecular weight is 274 g/mol. The summed E-state index contributed by atoms with van der Waals surface area (Å²) >= 11 is 8.16. The first-order valence-electron chi connectivity index (χ1n) is 6.38. The number of thioether (sulfide) groups is 1. The van der Waals surface area contributed by atoms with Gasteiger partial charge in [0.05, 0.1) is 0 Å². The highest BCUT2D eigenvalue weighted by atomic mass is 35.5. The monoisotopic (exact) mass is 273 g/mol. The van der Waals surface area contributed by atoms with Gasteiger partial charge < -0.3 is 0 Å². The van der Waals surface area contributed by atoms with Crippen molar-refractivity contribution in [2.24, 2.45) is 0 Å². The SMILES string of the molecule is CCCc1nnc(Cl)n1C1CCCC(SC)C1. The molecular formula is C12H20ClN3S. The molecule has 1 fully saturated rings. The fourth-order valence-electron chi connectivity index (χ4n) is 2.63. The first-order chi connectivity index (χ1) is 8.26. The molecule has 0 saturated heterocycles. The third kappa shape index (κ3) is 2.97. The van der Waals surface area contributed by atoms with E-state index in [1.165, 1.54) is 25.7 Å². The lowest BCUT2D eigenvalue weighted by Crippen LogP contribution is -2.22. The van der Waals surface area contributed by atoms with Gasteiger partial charge >= 0.3 is 0 Å². The minimum absolute atomic E-state index is 0.505. The van der Waals surface area contributed by atoms with Gasteiger partial charge in [-0.15, -0.1) is 10.2 Å². The number of nitrogens with zero attached hydrogens (tertiary/aromatic N) is 3. The van der Waals surface area contributed by atoms with Gasteiger partial charge in [0, 0.05) is 17.7 Å². The van der Waals surface area contributed by atoms with E-state index < -0.39 is 0 Å². The molecule has 1 heterocycles. The molecular weight excluding hydrogens is 254 g/mol. The lowest BCUT2D eigenvalue weighted by molar-refractivity contribution is 0.352. The van der Waals surface area contributed by atoms with Crippen molar-refractivity contribution in [1.82, 2.24) is 14.8 Å². The standard InChI is InChI=1S/C12H20ClN3S/c1-3-5-11-14-15-12(13)16(11)9-6-4-7-10(8-9)17-2/h9-10H,3-8H2,1-2H3. The smallest absolute Gasteiger partial charge is 0.225 e. The number of hydrogen-bond donors (Lipinski definition) is 0. The summed E-state index contributed by atoms with van der Waals surface area (Å²) in [5, 5.41) is 9.57. The quantitative estimate of drug-likeness (QED) is 0.837. The number of aromatic nitrogens is 3. The van der Waals surface area contributed by atoms with Crippen LogP contribution < -0.4 is 0 Å². The van der Waals surface area contributed by atoms with Crippen LogP contribution in [0.1, 0.15) is 50.9 Å². The number of aryl methyl sites for hydroxylation is 1. The molecule has 0 radical (unpaired) electrons. The van der Waals surface area contributed by atoms with Crippen molar-refractivity contribution in [3.8, 4) is 0 Å². The first kappa shape index (κ1) is 13.2. The molecule has 2 rings (SSSR count). The molecule has 2 unspecified atom stereocenters. The van der Waals surface area contributed by atoms with Crippen molar-refractivity contribution < 1.29 is 0 Å². The lowest BCUT2D eigenvalue weighted by atomic mass is 9.94. The molecule has 96 valence electrons. The zero-order valence-corrected chi connectivity index (χ0v) is 12.1. The van der Waals surface area contributed by atoms with Crippen LogP contribution in [0, 0.1) is 0 Å². The molecule has 5 heteroatoms. The Bertz CT molecular complexity index is 367. The molecule has 1 aliphatic rings. The van der Waals surface area contributed by atoms with Crippen LogP contribution in [0.25, 0.3) is 0 Å². The summed E-state index contributed by atoms with van der Waals surface area (Å²) in [6.07, 6.45) is 9.31. The Morgan fingerprint density at radius 2 is 2.24 bits per heavy atom. The number of hydrogen-bond acceptors (Lipinski definition) is 3. The topological polar surface area (TPSA) is 30.7 Å². The van der Waals surface area contributed by atoms with Gasteiger partial charge in [0.25, 0.3) is 0 Å². The van der Waals surface area contributed by atoms with Crippen molar-refractivity contribution in [2.45, 2.75) is 56.7 Å². The van der Waals surface area contributed by atoms with Crippen LogP contribution in [-0.4, -0.2) is 26.3 Å². The molecule has 1 aromatic heterocycles. The second-order valence-electron chi connectivity index (χ2n) is 4.68. The second kappa shape index (κ2) is 6.10. The van der Waals surface area contributed by atoms with Crippen molar-refractivity contribution >= 4 is 23.4 Å². The van der Waals surface area contributed by atoms with Gasteiger partial charge in [-0.05, 0) is 43.5 Å². The fraction of sp³-hybridized carbons (Fsp3) is 0.833. The summed E-state index contributed by atoms with van der Waals surface area (Å²) in [5.74, 6) is 1.06. The van der Waals surface area contributed by atoms with Crippen LogP contribution in [0.15, 0.2) is 0 Å². The Balaban J connectivity index is 2.17. The molecule has 1 aliphatic carbocycles. The first-order valence-corrected chi connectivity index (χ1v) is 8.05. The molecule has 0 bridgehead atoms. The molecule has 0 spiro atoms. The van der Waals surface area contributed by atoms with Gasteiger partial charge in [0.1, 0.15) is 5.82 Å². The molecule has 0 amide bonds. The highest BCUT2D eigenvalue weighted by molar-refractivity contribution is 7.99. The van der Waals surface area contributed by atoms with Crippen LogP contribution in [0.4, 0.5) is 0 Å². The molecule has 0 aliphatic heterocycles.